The molecule has 0 aliphatic rings. The first-order chi connectivity index (χ1) is 11.6. The zero-order valence-corrected chi connectivity index (χ0v) is 19.7. The first-order valence-electron chi connectivity index (χ1n) is 10.00. The third-order valence-electron chi connectivity index (χ3n) is 5.12. The Bertz CT molecular complexity index is 441. The summed E-state index contributed by atoms with van der Waals surface area (Å²) in [6.07, 6.45) is 5.41. The van der Waals surface area contributed by atoms with Crippen molar-refractivity contribution in [2.75, 3.05) is 6.61 Å². The Morgan fingerprint density at radius 3 is 1.85 bits per heavy atom. The summed E-state index contributed by atoms with van der Waals surface area (Å²) in [5.41, 5.74) is -0.626. The van der Waals surface area contributed by atoms with E-state index in [1.165, 1.54) is 19.3 Å². The standard InChI is InChI=1S/C21H44O4S/c1-11-13-17(12-2)19(5,6)15-21(9,10)25-20(7,8)14-18(3,4)16-24-26(22)23/h17H,11-16H2,1-10H3,(H,22,23). The fraction of sp³-hybridized carbons (Fsp3) is 1.00. The number of hydrogen-bond acceptors (Lipinski definition) is 3. The van der Waals surface area contributed by atoms with Crippen molar-refractivity contribution in [2.45, 2.75) is 113 Å². The van der Waals surface area contributed by atoms with E-state index in [4.69, 9.17) is 13.5 Å². The van der Waals surface area contributed by atoms with Gasteiger partial charge in [-0.15, -0.1) is 0 Å². The van der Waals surface area contributed by atoms with Crippen LogP contribution in [0.25, 0.3) is 0 Å². The maximum absolute atomic E-state index is 10.8. The number of rotatable bonds is 13. The van der Waals surface area contributed by atoms with Crippen molar-refractivity contribution >= 4 is 11.4 Å². The minimum atomic E-state index is -2.22. The Hall–Kier alpha value is 0.0300. The monoisotopic (exact) mass is 392 g/mol. The molecule has 0 spiro atoms. The molecular weight excluding hydrogens is 348 g/mol. The molecule has 0 fully saturated rings. The lowest BCUT2D eigenvalue weighted by atomic mass is 9.69. The summed E-state index contributed by atoms with van der Waals surface area (Å²) in [5, 5.41) is 0. The van der Waals surface area contributed by atoms with Gasteiger partial charge in [0, 0.05) is 0 Å². The molecular formula is C21H44O4S. The van der Waals surface area contributed by atoms with Crippen LogP contribution >= 0.6 is 0 Å². The summed E-state index contributed by atoms with van der Waals surface area (Å²) < 4.78 is 31.2. The van der Waals surface area contributed by atoms with Gasteiger partial charge < -0.3 is 4.74 Å². The Morgan fingerprint density at radius 2 is 1.42 bits per heavy atom. The molecule has 2 atom stereocenters. The first-order valence-corrected chi connectivity index (χ1v) is 11.0. The highest BCUT2D eigenvalue weighted by atomic mass is 32.2. The highest BCUT2D eigenvalue weighted by Gasteiger charge is 2.39. The third kappa shape index (κ3) is 10.4. The van der Waals surface area contributed by atoms with Crippen molar-refractivity contribution in [2.24, 2.45) is 16.7 Å². The van der Waals surface area contributed by atoms with Gasteiger partial charge in [-0.1, -0.05) is 60.8 Å². The van der Waals surface area contributed by atoms with E-state index >= 15 is 0 Å². The van der Waals surface area contributed by atoms with Gasteiger partial charge in [0.05, 0.1) is 17.8 Å². The minimum absolute atomic E-state index is 0.219. The SMILES string of the molecule is CCCC(CC)C(C)(C)CC(C)(C)OC(C)(C)CC(C)(C)COS(=O)O. The number of ether oxygens (including phenoxy) is 1. The van der Waals surface area contributed by atoms with E-state index in [0.29, 0.717) is 5.92 Å². The predicted molar refractivity (Wildman–Crippen MR) is 111 cm³/mol. The molecule has 0 bridgehead atoms. The lowest BCUT2D eigenvalue weighted by Gasteiger charge is -2.45. The highest BCUT2D eigenvalue weighted by molar-refractivity contribution is 7.74. The van der Waals surface area contributed by atoms with Gasteiger partial charge in [-0.25, -0.2) is 0 Å². The van der Waals surface area contributed by atoms with Crippen LogP contribution in [-0.4, -0.2) is 26.6 Å². The molecule has 5 heteroatoms. The van der Waals surface area contributed by atoms with E-state index in [1.54, 1.807) is 0 Å². The molecule has 1 N–H and O–H groups in total. The molecule has 0 aromatic rings. The van der Waals surface area contributed by atoms with Crippen LogP contribution < -0.4 is 0 Å². The van der Waals surface area contributed by atoms with Gasteiger partial charge in [0.1, 0.15) is 0 Å². The fourth-order valence-electron chi connectivity index (χ4n) is 4.97. The normalized spacial score (nSPS) is 16.6. The van der Waals surface area contributed by atoms with E-state index in [2.05, 4.69) is 55.4 Å². The van der Waals surface area contributed by atoms with E-state index in [9.17, 15) is 4.21 Å². The molecule has 0 aromatic carbocycles. The molecule has 0 heterocycles. The average molecular weight is 393 g/mol. The summed E-state index contributed by atoms with van der Waals surface area (Å²) in [4.78, 5) is 0. The Morgan fingerprint density at radius 1 is 0.923 bits per heavy atom. The summed E-state index contributed by atoms with van der Waals surface area (Å²) in [7, 11) is 0. The average Bonchev–Trinajstić information content (AvgIpc) is 2.38. The van der Waals surface area contributed by atoms with Crippen molar-refractivity contribution in [3.63, 3.8) is 0 Å². The first kappa shape index (κ1) is 26.0. The van der Waals surface area contributed by atoms with Crippen molar-refractivity contribution in [3.05, 3.63) is 0 Å². The fourth-order valence-corrected chi connectivity index (χ4v) is 5.39. The lowest BCUT2D eigenvalue weighted by Crippen LogP contribution is -2.44. The Balaban J connectivity index is 5.01. The molecule has 158 valence electrons. The van der Waals surface area contributed by atoms with Crippen molar-refractivity contribution in [1.29, 1.82) is 0 Å². The van der Waals surface area contributed by atoms with Crippen LogP contribution in [0, 0.1) is 16.7 Å². The maximum Gasteiger partial charge on any atom is 0.301 e. The van der Waals surface area contributed by atoms with Gasteiger partial charge in [-0.05, 0) is 57.3 Å². The lowest BCUT2D eigenvalue weighted by molar-refractivity contribution is -0.157. The summed E-state index contributed by atoms with van der Waals surface area (Å²) in [6.45, 7) is 22.1. The van der Waals surface area contributed by atoms with Crippen LogP contribution in [0.4, 0.5) is 0 Å². The highest BCUT2D eigenvalue weighted by Crippen LogP contribution is 2.43. The molecule has 0 aromatic heterocycles. The van der Waals surface area contributed by atoms with Crippen LogP contribution in [0.1, 0.15) is 101 Å². The van der Waals surface area contributed by atoms with Gasteiger partial charge in [0.15, 0.2) is 0 Å². The van der Waals surface area contributed by atoms with Gasteiger partial charge in [0.25, 0.3) is 0 Å². The van der Waals surface area contributed by atoms with E-state index in [1.807, 2.05) is 13.8 Å². The zero-order chi connectivity index (χ0) is 20.8. The largest absolute Gasteiger partial charge is 0.370 e. The second kappa shape index (κ2) is 9.99. The van der Waals surface area contributed by atoms with E-state index in [-0.39, 0.29) is 28.6 Å². The van der Waals surface area contributed by atoms with Crippen LogP contribution in [-0.2, 0) is 20.3 Å². The van der Waals surface area contributed by atoms with Crippen LogP contribution in [0.2, 0.25) is 0 Å². The van der Waals surface area contributed by atoms with Crippen molar-refractivity contribution in [3.8, 4) is 0 Å². The van der Waals surface area contributed by atoms with Crippen LogP contribution in [0.15, 0.2) is 0 Å². The molecule has 0 radical (unpaired) electrons. The Kier molecular flexibility index (Phi) is 10.0. The van der Waals surface area contributed by atoms with Gasteiger partial charge >= 0.3 is 11.4 Å². The van der Waals surface area contributed by atoms with Gasteiger partial charge in [-0.3, -0.25) is 8.74 Å². The number of hydrogen-bond donors (Lipinski definition) is 1. The van der Waals surface area contributed by atoms with Gasteiger partial charge in [-0.2, -0.15) is 4.21 Å². The molecule has 4 nitrogen and oxygen atoms in total. The molecule has 0 aliphatic carbocycles. The van der Waals surface area contributed by atoms with Crippen molar-refractivity contribution < 1.29 is 17.7 Å². The Labute approximate surface area is 165 Å². The summed E-state index contributed by atoms with van der Waals surface area (Å²) >= 11 is -2.22. The molecule has 0 aliphatic heterocycles. The topological polar surface area (TPSA) is 55.8 Å². The molecule has 0 saturated carbocycles. The van der Waals surface area contributed by atoms with Crippen LogP contribution in [0.5, 0.6) is 0 Å². The molecule has 2 unspecified atom stereocenters. The second-order valence-electron chi connectivity index (χ2n) is 10.5. The zero-order valence-electron chi connectivity index (χ0n) is 18.9. The summed E-state index contributed by atoms with van der Waals surface area (Å²) in [6, 6.07) is 0. The predicted octanol–water partition coefficient (Wildman–Crippen LogP) is 6.37. The van der Waals surface area contributed by atoms with E-state index in [0.717, 1.165) is 12.8 Å². The van der Waals surface area contributed by atoms with E-state index < -0.39 is 11.4 Å². The van der Waals surface area contributed by atoms with Crippen LogP contribution in [0.3, 0.4) is 0 Å². The second-order valence-corrected chi connectivity index (χ2v) is 11.2. The van der Waals surface area contributed by atoms with Gasteiger partial charge in [0.2, 0.25) is 0 Å². The summed E-state index contributed by atoms with van der Waals surface area (Å²) in [5.74, 6) is 0.697. The minimum Gasteiger partial charge on any atom is -0.370 e. The molecule has 26 heavy (non-hydrogen) atoms. The molecule has 0 rings (SSSR count). The quantitative estimate of drug-likeness (QED) is 0.370. The van der Waals surface area contributed by atoms with Crippen molar-refractivity contribution in [1.82, 2.24) is 0 Å². The maximum atomic E-state index is 10.8. The molecule has 0 saturated heterocycles. The molecule has 0 amide bonds. The third-order valence-corrected chi connectivity index (χ3v) is 5.44. The smallest absolute Gasteiger partial charge is 0.301 e.